The number of carbonyl (C=O) groups excluding carboxylic acids is 1. The van der Waals surface area contributed by atoms with E-state index in [-0.39, 0.29) is 23.2 Å². The lowest BCUT2D eigenvalue weighted by molar-refractivity contribution is 0.0451. The van der Waals surface area contributed by atoms with Crippen LogP contribution in [0.3, 0.4) is 0 Å². The Morgan fingerprint density at radius 1 is 1.32 bits per heavy atom. The third-order valence-electron chi connectivity index (χ3n) is 3.94. The lowest BCUT2D eigenvalue weighted by Crippen LogP contribution is -2.45. The SMILES string of the molecule is COc1cccc([C@@H]2CCN2C(=O)c2ccc(=O)n(C)n2)c1. The van der Waals surface area contributed by atoms with Gasteiger partial charge < -0.3 is 9.64 Å². The van der Waals surface area contributed by atoms with Crippen molar-refractivity contribution in [3.05, 3.63) is 58.0 Å². The molecule has 1 aliphatic heterocycles. The average molecular weight is 299 g/mol. The number of ether oxygens (including phenoxy) is 1. The minimum absolute atomic E-state index is 0.0293. The molecule has 1 atom stereocenters. The first-order valence-electron chi connectivity index (χ1n) is 7.09. The molecule has 0 saturated carbocycles. The summed E-state index contributed by atoms with van der Waals surface area (Å²) in [6.07, 6.45) is 0.907. The molecule has 0 spiro atoms. The average Bonchev–Trinajstić information content (AvgIpc) is 2.49. The molecule has 0 N–H and O–H groups in total. The summed E-state index contributed by atoms with van der Waals surface area (Å²) in [5.41, 5.74) is 1.10. The second kappa shape index (κ2) is 5.63. The minimum Gasteiger partial charge on any atom is -0.497 e. The second-order valence-corrected chi connectivity index (χ2v) is 5.26. The van der Waals surface area contributed by atoms with E-state index in [0.717, 1.165) is 17.7 Å². The van der Waals surface area contributed by atoms with E-state index in [4.69, 9.17) is 4.74 Å². The van der Waals surface area contributed by atoms with E-state index >= 15 is 0 Å². The number of aryl methyl sites for hydroxylation is 1. The van der Waals surface area contributed by atoms with Crippen molar-refractivity contribution >= 4 is 5.91 Å². The number of carbonyl (C=O) groups is 1. The number of rotatable bonds is 3. The Hall–Kier alpha value is -2.63. The molecule has 0 radical (unpaired) electrons. The van der Waals surface area contributed by atoms with Crippen molar-refractivity contribution in [3.63, 3.8) is 0 Å². The van der Waals surface area contributed by atoms with E-state index in [1.807, 2.05) is 24.3 Å². The van der Waals surface area contributed by atoms with Crippen LogP contribution in [-0.4, -0.2) is 34.2 Å². The van der Waals surface area contributed by atoms with E-state index in [9.17, 15) is 9.59 Å². The zero-order valence-corrected chi connectivity index (χ0v) is 12.5. The predicted octanol–water partition coefficient (Wildman–Crippen LogP) is 1.38. The monoisotopic (exact) mass is 299 g/mol. The molecular formula is C16H17N3O3. The summed E-state index contributed by atoms with van der Waals surface area (Å²) in [6, 6.07) is 10.6. The number of benzene rings is 1. The molecule has 3 rings (SSSR count). The van der Waals surface area contributed by atoms with Crippen LogP contribution in [0.25, 0.3) is 0 Å². The normalized spacial score (nSPS) is 17.0. The molecule has 1 saturated heterocycles. The third-order valence-corrected chi connectivity index (χ3v) is 3.94. The summed E-state index contributed by atoms with van der Waals surface area (Å²) in [6.45, 7) is 0.686. The Morgan fingerprint density at radius 2 is 2.14 bits per heavy atom. The van der Waals surface area contributed by atoms with Gasteiger partial charge in [-0.25, -0.2) is 4.68 Å². The van der Waals surface area contributed by atoms with Crippen molar-refractivity contribution in [2.24, 2.45) is 7.05 Å². The van der Waals surface area contributed by atoms with Gasteiger partial charge in [0.15, 0.2) is 0 Å². The standard InChI is InChI=1S/C16H17N3O3/c1-18-15(20)7-6-13(17-18)16(21)19-9-8-14(19)11-4-3-5-12(10-11)22-2/h3-7,10,14H,8-9H2,1-2H3/t14-/m0/s1. The second-order valence-electron chi connectivity index (χ2n) is 5.26. The molecule has 1 aliphatic rings. The molecule has 1 aromatic heterocycles. The van der Waals surface area contributed by atoms with Crippen LogP contribution < -0.4 is 10.3 Å². The van der Waals surface area contributed by atoms with Crippen LogP contribution in [0, 0.1) is 0 Å². The summed E-state index contributed by atoms with van der Waals surface area (Å²) < 4.78 is 6.40. The van der Waals surface area contributed by atoms with Gasteiger partial charge in [-0.15, -0.1) is 0 Å². The number of nitrogens with zero attached hydrogens (tertiary/aromatic N) is 3. The van der Waals surface area contributed by atoms with Gasteiger partial charge in [-0.05, 0) is 30.2 Å². The first kappa shape index (κ1) is 14.3. The summed E-state index contributed by atoms with van der Waals surface area (Å²) in [5.74, 6) is 0.617. The fourth-order valence-electron chi connectivity index (χ4n) is 2.59. The Labute approximate surface area is 127 Å². The Kier molecular flexibility index (Phi) is 3.66. The third kappa shape index (κ3) is 2.47. The molecule has 114 valence electrons. The summed E-state index contributed by atoms with van der Waals surface area (Å²) in [7, 11) is 3.16. The van der Waals surface area contributed by atoms with Crippen molar-refractivity contribution in [2.45, 2.75) is 12.5 Å². The van der Waals surface area contributed by atoms with Gasteiger partial charge in [0.2, 0.25) is 0 Å². The van der Waals surface area contributed by atoms with Gasteiger partial charge >= 0.3 is 0 Å². The highest BCUT2D eigenvalue weighted by Gasteiger charge is 2.34. The smallest absolute Gasteiger partial charge is 0.274 e. The Morgan fingerprint density at radius 3 is 2.77 bits per heavy atom. The zero-order chi connectivity index (χ0) is 15.7. The molecule has 0 aliphatic carbocycles. The maximum absolute atomic E-state index is 12.5. The molecule has 6 heteroatoms. The number of methoxy groups -OCH3 is 1. The number of amides is 1. The van der Waals surface area contributed by atoms with Crippen LogP contribution in [0.5, 0.6) is 5.75 Å². The molecule has 1 aromatic carbocycles. The van der Waals surface area contributed by atoms with Gasteiger partial charge in [0, 0.05) is 19.7 Å². The number of hydrogen-bond acceptors (Lipinski definition) is 4. The molecule has 6 nitrogen and oxygen atoms in total. The van der Waals surface area contributed by atoms with Crippen molar-refractivity contribution in [3.8, 4) is 5.75 Å². The first-order valence-corrected chi connectivity index (χ1v) is 7.09. The molecule has 1 amide bonds. The van der Waals surface area contributed by atoms with Crippen LogP contribution in [0.1, 0.15) is 28.5 Å². The van der Waals surface area contributed by atoms with E-state index in [0.29, 0.717) is 6.54 Å². The topological polar surface area (TPSA) is 64.4 Å². The largest absolute Gasteiger partial charge is 0.497 e. The van der Waals surface area contributed by atoms with E-state index in [1.165, 1.54) is 23.9 Å². The molecule has 2 heterocycles. The van der Waals surface area contributed by atoms with Gasteiger partial charge in [0.05, 0.1) is 13.2 Å². The van der Waals surface area contributed by atoms with Crippen molar-refractivity contribution < 1.29 is 9.53 Å². The summed E-state index contributed by atoms with van der Waals surface area (Å²) in [4.78, 5) is 25.7. The Balaban J connectivity index is 1.84. The maximum atomic E-state index is 12.5. The van der Waals surface area contributed by atoms with Crippen molar-refractivity contribution in [1.82, 2.24) is 14.7 Å². The molecule has 22 heavy (non-hydrogen) atoms. The van der Waals surface area contributed by atoms with E-state index < -0.39 is 0 Å². The number of aromatic nitrogens is 2. The highest BCUT2D eigenvalue weighted by Crippen LogP contribution is 2.35. The fraction of sp³-hybridized carbons (Fsp3) is 0.312. The van der Waals surface area contributed by atoms with Gasteiger partial charge in [0.1, 0.15) is 11.4 Å². The van der Waals surface area contributed by atoms with Gasteiger partial charge in [0.25, 0.3) is 11.5 Å². The van der Waals surface area contributed by atoms with Crippen molar-refractivity contribution in [1.29, 1.82) is 0 Å². The lowest BCUT2D eigenvalue weighted by atomic mass is 9.94. The summed E-state index contributed by atoms with van der Waals surface area (Å²) in [5, 5.41) is 4.03. The van der Waals surface area contributed by atoms with Gasteiger partial charge in [-0.3, -0.25) is 9.59 Å². The van der Waals surface area contributed by atoms with Crippen LogP contribution in [0.4, 0.5) is 0 Å². The summed E-state index contributed by atoms with van der Waals surface area (Å²) >= 11 is 0. The molecular weight excluding hydrogens is 282 g/mol. The lowest BCUT2D eigenvalue weighted by Gasteiger charge is -2.41. The van der Waals surface area contributed by atoms with Crippen LogP contribution in [-0.2, 0) is 7.05 Å². The van der Waals surface area contributed by atoms with Gasteiger partial charge in [-0.1, -0.05) is 12.1 Å². The van der Waals surface area contributed by atoms with E-state index in [2.05, 4.69) is 5.10 Å². The zero-order valence-electron chi connectivity index (χ0n) is 12.5. The first-order chi connectivity index (χ1) is 10.6. The molecule has 0 bridgehead atoms. The number of likely N-dealkylation sites (tertiary alicyclic amines) is 1. The highest BCUT2D eigenvalue weighted by atomic mass is 16.5. The predicted molar refractivity (Wildman–Crippen MR) is 80.9 cm³/mol. The minimum atomic E-state index is -0.232. The molecule has 1 fully saturated rings. The van der Waals surface area contributed by atoms with Crippen molar-refractivity contribution in [2.75, 3.05) is 13.7 Å². The quantitative estimate of drug-likeness (QED) is 0.859. The molecule has 2 aromatic rings. The number of hydrogen-bond donors (Lipinski definition) is 0. The van der Waals surface area contributed by atoms with Gasteiger partial charge in [-0.2, -0.15) is 5.10 Å². The van der Waals surface area contributed by atoms with Crippen LogP contribution >= 0.6 is 0 Å². The highest BCUT2D eigenvalue weighted by molar-refractivity contribution is 5.93. The molecule has 0 unspecified atom stereocenters. The Bertz CT molecular complexity index is 769. The maximum Gasteiger partial charge on any atom is 0.274 e. The van der Waals surface area contributed by atoms with Crippen LogP contribution in [0.2, 0.25) is 0 Å². The fourth-order valence-corrected chi connectivity index (χ4v) is 2.59. The van der Waals surface area contributed by atoms with Crippen LogP contribution in [0.15, 0.2) is 41.2 Å². The van der Waals surface area contributed by atoms with E-state index in [1.54, 1.807) is 12.0 Å².